The highest BCUT2D eigenvalue weighted by molar-refractivity contribution is 6.01. The Labute approximate surface area is 183 Å². The van der Waals surface area contributed by atoms with Crippen LogP contribution in [0.25, 0.3) is 0 Å². The molecule has 172 valence electrons. The molecule has 0 amide bonds. The lowest BCUT2D eigenvalue weighted by atomic mass is 9.48. The molecule has 4 rings (SSSR count). The zero-order chi connectivity index (χ0) is 22.7. The Balaban J connectivity index is 1.59. The predicted molar refractivity (Wildman–Crippen MR) is 116 cm³/mol. The molecule has 2 saturated carbocycles. The third-order valence-corrected chi connectivity index (χ3v) is 8.78. The van der Waals surface area contributed by atoms with E-state index in [1.165, 1.54) is 0 Å². The van der Waals surface area contributed by atoms with Gasteiger partial charge in [0, 0.05) is 6.21 Å². The summed E-state index contributed by atoms with van der Waals surface area (Å²) < 4.78 is 5.64. The number of aliphatic imine (C=N–C) groups is 1. The number of carbonyl (C=O) groups excluding carboxylic acids is 1. The molecule has 2 aliphatic carbocycles. The second kappa shape index (κ2) is 7.80. The second-order valence-corrected chi connectivity index (χ2v) is 10.5. The van der Waals surface area contributed by atoms with Gasteiger partial charge in [-0.3, -0.25) is 9.79 Å². The molecule has 0 radical (unpaired) electrons. The summed E-state index contributed by atoms with van der Waals surface area (Å²) in [6.45, 7) is 7.85. The Morgan fingerprint density at radius 1 is 1.23 bits per heavy atom. The number of aliphatic hydroxyl groups is 4. The van der Waals surface area contributed by atoms with Gasteiger partial charge in [0.25, 0.3) is 0 Å². The first-order valence-corrected chi connectivity index (χ1v) is 11.4. The number of aliphatic hydroxyl groups excluding tert-OH is 4. The fourth-order valence-corrected chi connectivity index (χ4v) is 6.69. The Hall–Kier alpha value is -1.54. The van der Waals surface area contributed by atoms with Gasteiger partial charge in [-0.25, -0.2) is 0 Å². The Morgan fingerprint density at radius 2 is 1.94 bits per heavy atom. The van der Waals surface area contributed by atoms with Gasteiger partial charge in [0.1, 0.15) is 17.7 Å². The lowest BCUT2D eigenvalue weighted by molar-refractivity contribution is -0.165. The highest BCUT2D eigenvalue weighted by Crippen LogP contribution is 2.58. The third-order valence-electron chi connectivity index (χ3n) is 8.78. The van der Waals surface area contributed by atoms with Crippen LogP contribution in [0.2, 0.25) is 0 Å². The van der Waals surface area contributed by atoms with Crippen LogP contribution in [0.3, 0.4) is 0 Å². The fraction of sp³-hybridized carbons (Fsp3) is 0.750. The number of ether oxygens (including phenoxy) is 1. The molecule has 0 aromatic rings. The first-order valence-electron chi connectivity index (χ1n) is 11.4. The highest BCUT2D eigenvalue weighted by atomic mass is 16.6. The van der Waals surface area contributed by atoms with Gasteiger partial charge in [0.15, 0.2) is 5.78 Å². The molecule has 7 heteroatoms. The number of Topliss-reactive ketones (excluding diaryl/α,β-unsaturated/α-hetero) is 1. The first-order chi connectivity index (χ1) is 14.5. The summed E-state index contributed by atoms with van der Waals surface area (Å²) in [5.41, 5.74) is -1.07. The molecule has 4 aliphatic rings. The van der Waals surface area contributed by atoms with Crippen LogP contribution in [0.1, 0.15) is 47.0 Å². The number of ketones is 1. The van der Waals surface area contributed by atoms with Gasteiger partial charge in [-0.15, -0.1) is 0 Å². The van der Waals surface area contributed by atoms with Gasteiger partial charge in [0.2, 0.25) is 0 Å². The van der Waals surface area contributed by atoms with Crippen LogP contribution in [-0.4, -0.2) is 68.5 Å². The van der Waals surface area contributed by atoms with Crippen molar-refractivity contribution in [1.29, 1.82) is 0 Å². The maximum Gasteiger partial charge on any atom is 0.196 e. The van der Waals surface area contributed by atoms with Crippen LogP contribution >= 0.6 is 0 Å². The van der Waals surface area contributed by atoms with E-state index in [9.17, 15) is 25.2 Å². The minimum absolute atomic E-state index is 0.0129. The van der Waals surface area contributed by atoms with Crippen molar-refractivity contribution in [3.8, 4) is 0 Å². The molecule has 11 atom stereocenters. The number of hydrogen-bond acceptors (Lipinski definition) is 7. The number of epoxide rings is 1. The molecule has 0 bridgehead atoms. The number of allylic oxidation sites excluding steroid dienone is 1. The Kier molecular flexibility index (Phi) is 5.70. The molecule has 2 aliphatic heterocycles. The SMILES string of the molecule is C[C@@H]1C2C[C@H](O)[C@H](C)C([C@@H](O)C(=CO)C(=O)C3O[C@H]3C3(C)C=CC=N3)[C@@]2(C)CC[C@@H]1O. The summed E-state index contributed by atoms with van der Waals surface area (Å²) in [5.74, 6) is -1.14. The van der Waals surface area contributed by atoms with Gasteiger partial charge < -0.3 is 25.2 Å². The van der Waals surface area contributed by atoms with Gasteiger partial charge in [-0.05, 0) is 61.3 Å². The number of carbonyl (C=O) groups is 1. The summed E-state index contributed by atoms with van der Waals surface area (Å²) in [5, 5.41) is 42.6. The lowest BCUT2D eigenvalue weighted by Crippen LogP contribution is -2.58. The van der Waals surface area contributed by atoms with Gasteiger partial charge >= 0.3 is 0 Å². The number of nitrogens with zero attached hydrogens (tertiary/aromatic N) is 1. The van der Waals surface area contributed by atoms with Crippen molar-refractivity contribution in [3.63, 3.8) is 0 Å². The third kappa shape index (κ3) is 3.50. The van der Waals surface area contributed by atoms with E-state index >= 15 is 0 Å². The van der Waals surface area contributed by atoms with E-state index in [1.54, 1.807) is 6.21 Å². The first kappa shape index (κ1) is 22.6. The predicted octanol–water partition coefficient (Wildman–Crippen LogP) is 1.96. The molecule has 4 unspecified atom stereocenters. The van der Waals surface area contributed by atoms with Crippen LogP contribution in [0.4, 0.5) is 0 Å². The summed E-state index contributed by atoms with van der Waals surface area (Å²) in [6, 6.07) is 0. The number of hydrogen-bond donors (Lipinski definition) is 4. The van der Waals surface area contributed by atoms with E-state index < -0.39 is 47.8 Å². The van der Waals surface area contributed by atoms with E-state index in [-0.39, 0.29) is 28.7 Å². The Bertz CT molecular complexity index is 809. The average Bonchev–Trinajstić information content (AvgIpc) is 3.43. The van der Waals surface area contributed by atoms with E-state index in [2.05, 4.69) is 11.9 Å². The largest absolute Gasteiger partial charge is 0.515 e. The molecule has 7 nitrogen and oxygen atoms in total. The molecule has 4 N–H and O–H groups in total. The van der Waals surface area contributed by atoms with Crippen LogP contribution in [0.5, 0.6) is 0 Å². The van der Waals surface area contributed by atoms with Crippen molar-refractivity contribution >= 4 is 12.0 Å². The van der Waals surface area contributed by atoms with E-state index in [0.717, 1.165) is 0 Å². The van der Waals surface area contributed by atoms with Crippen molar-refractivity contribution in [3.05, 3.63) is 24.0 Å². The maximum atomic E-state index is 13.2. The van der Waals surface area contributed by atoms with Crippen LogP contribution < -0.4 is 0 Å². The number of rotatable bonds is 5. The minimum atomic E-state index is -1.24. The maximum absolute atomic E-state index is 13.2. The normalized spacial score (nSPS) is 50.2. The molecule has 31 heavy (non-hydrogen) atoms. The zero-order valence-electron chi connectivity index (χ0n) is 18.7. The van der Waals surface area contributed by atoms with Crippen LogP contribution in [0, 0.1) is 29.1 Å². The summed E-state index contributed by atoms with van der Waals surface area (Å²) in [7, 11) is 0. The van der Waals surface area contributed by atoms with Gasteiger partial charge in [0.05, 0.1) is 30.1 Å². The topological polar surface area (TPSA) is 123 Å². The molecule has 0 aromatic carbocycles. The highest BCUT2D eigenvalue weighted by Gasteiger charge is 2.60. The summed E-state index contributed by atoms with van der Waals surface area (Å²) in [6.07, 6.45) is 4.40. The lowest BCUT2D eigenvalue weighted by Gasteiger charge is -2.59. The fourth-order valence-electron chi connectivity index (χ4n) is 6.69. The smallest absolute Gasteiger partial charge is 0.196 e. The molecule has 0 spiro atoms. The van der Waals surface area contributed by atoms with Gasteiger partial charge in [-0.2, -0.15) is 0 Å². The van der Waals surface area contributed by atoms with Crippen LogP contribution in [-0.2, 0) is 9.53 Å². The van der Waals surface area contributed by atoms with E-state index in [4.69, 9.17) is 4.74 Å². The zero-order valence-corrected chi connectivity index (χ0v) is 18.7. The second-order valence-electron chi connectivity index (χ2n) is 10.5. The minimum Gasteiger partial charge on any atom is -0.515 e. The van der Waals surface area contributed by atoms with Crippen LogP contribution in [0.15, 0.2) is 29.0 Å². The van der Waals surface area contributed by atoms with Crippen molar-refractivity contribution in [2.24, 2.45) is 34.1 Å². The Morgan fingerprint density at radius 3 is 2.55 bits per heavy atom. The standard InChI is InChI=1S/C24H35NO6/c1-12-15-10-17(28)13(2)18(23(15,3)8-6-16(12)27)19(29)14(11-26)20(30)21-22(31-21)24(4)7-5-9-25-24/h5,7,9,11-13,15-19,21-22,26-29H,6,8,10H2,1-4H3/t12-,13+,15?,16+,17+,18?,19+,21?,22-,23+,24?/m1/s1. The molecular formula is C24H35NO6. The molecule has 2 heterocycles. The summed E-state index contributed by atoms with van der Waals surface area (Å²) in [4.78, 5) is 17.6. The summed E-state index contributed by atoms with van der Waals surface area (Å²) >= 11 is 0. The quantitative estimate of drug-likeness (QED) is 0.299. The average molecular weight is 434 g/mol. The monoisotopic (exact) mass is 433 g/mol. The molecular weight excluding hydrogens is 398 g/mol. The molecule has 3 fully saturated rings. The van der Waals surface area contributed by atoms with E-state index in [1.807, 2.05) is 32.9 Å². The van der Waals surface area contributed by atoms with Crippen molar-refractivity contribution < 1.29 is 30.0 Å². The van der Waals surface area contributed by atoms with Crippen molar-refractivity contribution in [1.82, 2.24) is 0 Å². The molecule has 0 aromatic heterocycles. The number of fused-ring (bicyclic) bond motifs is 1. The van der Waals surface area contributed by atoms with Gasteiger partial charge in [-0.1, -0.05) is 26.8 Å². The van der Waals surface area contributed by atoms with E-state index in [0.29, 0.717) is 25.5 Å². The van der Waals surface area contributed by atoms with Crippen molar-refractivity contribution in [2.45, 2.75) is 83.0 Å². The molecule has 1 saturated heterocycles. The van der Waals surface area contributed by atoms with Crippen molar-refractivity contribution in [2.75, 3.05) is 0 Å².